The van der Waals surface area contributed by atoms with E-state index >= 15 is 0 Å². The van der Waals surface area contributed by atoms with Gasteiger partial charge in [0.25, 0.3) is 0 Å². The van der Waals surface area contributed by atoms with Crippen LogP contribution in [-0.4, -0.2) is 56.3 Å². The molecule has 1 aliphatic rings. The molecule has 1 aliphatic heterocycles. The Morgan fingerprint density at radius 2 is 1.79 bits per heavy atom. The van der Waals surface area contributed by atoms with E-state index in [2.05, 4.69) is 9.26 Å². The molecule has 9 heteroatoms. The SMILES string of the molecule is O=P(O)(O)OC1OC[C@@H](O)[C@@H](O)C1O. The Balaban J connectivity index is 2.60. The van der Waals surface area contributed by atoms with Gasteiger partial charge in [0.05, 0.1) is 6.61 Å². The largest absolute Gasteiger partial charge is 0.472 e. The van der Waals surface area contributed by atoms with Gasteiger partial charge in [-0.05, 0) is 0 Å². The van der Waals surface area contributed by atoms with E-state index in [1.807, 2.05) is 0 Å². The second-order valence-electron chi connectivity index (χ2n) is 2.85. The molecule has 0 spiro atoms. The van der Waals surface area contributed by atoms with E-state index in [9.17, 15) is 4.57 Å². The van der Waals surface area contributed by atoms with Crippen LogP contribution in [0.4, 0.5) is 0 Å². The summed E-state index contributed by atoms with van der Waals surface area (Å²) in [6.07, 6.45) is -6.21. The molecule has 0 radical (unpaired) electrons. The second-order valence-corrected chi connectivity index (χ2v) is 4.04. The topological polar surface area (TPSA) is 137 Å². The van der Waals surface area contributed by atoms with Gasteiger partial charge in [-0.25, -0.2) is 4.57 Å². The molecule has 84 valence electrons. The minimum absolute atomic E-state index is 0.372. The van der Waals surface area contributed by atoms with Crippen LogP contribution in [-0.2, 0) is 13.8 Å². The summed E-state index contributed by atoms with van der Waals surface area (Å²) in [6.45, 7) is -0.372. The van der Waals surface area contributed by atoms with Crippen LogP contribution in [0, 0.1) is 0 Å². The highest BCUT2D eigenvalue weighted by Crippen LogP contribution is 2.39. The molecule has 0 aromatic rings. The summed E-state index contributed by atoms with van der Waals surface area (Å²) >= 11 is 0. The number of ether oxygens (including phenoxy) is 1. The first-order valence-electron chi connectivity index (χ1n) is 3.71. The van der Waals surface area contributed by atoms with Crippen LogP contribution in [0.25, 0.3) is 0 Å². The highest BCUT2D eigenvalue weighted by molar-refractivity contribution is 7.46. The molecule has 0 amide bonds. The second kappa shape index (κ2) is 4.21. The van der Waals surface area contributed by atoms with Crippen LogP contribution in [0.1, 0.15) is 0 Å². The van der Waals surface area contributed by atoms with Gasteiger partial charge in [-0.15, -0.1) is 0 Å². The zero-order valence-electron chi connectivity index (χ0n) is 6.92. The summed E-state index contributed by atoms with van der Waals surface area (Å²) in [6, 6.07) is 0. The Morgan fingerprint density at radius 1 is 1.21 bits per heavy atom. The normalized spacial score (nSPS) is 39.8. The van der Waals surface area contributed by atoms with Crippen molar-refractivity contribution in [2.45, 2.75) is 24.6 Å². The summed E-state index contributed by atoms with van der Waals surface area (Å²) in [7, 11) is -4.80. The number of rotatable bonds is 2. The Bertz CT molecular complexity index is 238. The van der Waals surface area contributed by atoms with Gasteiger partial charge in [-0.3, -0.25) is 4.52 Å². The van der Waals surface area contributed by atoms with E-state index in [0.29, 0.717) is 0 Å². The molecule has 0 bridgehead atoms. The molecule has 2 unspecified atom stereocenters. The van der Waals surface area contributed by atoms with Crippen LogP contribution >= 0.6 is 7.82 Å². The van der Waals surface area contributed by atoms with Gasteiger partial charge in [0.15, 0.2) is 6.29 Å². The van der Waals surface area contributed by atoms with E-state index in [-0.39, 0.29) is 6.61 Å². The zero-order valence-corrected chi connectivity index (χ0v) is 7.82. The Hall–Kier alpha value is -0.0500. The van der Waals surface area contributed by atoms with Crippen LogP contribution in [0.5, 0.6) is 0 Å². The first kappa shape index (κ1) is 12.0. The third kappa shape index (κ3) is 2.97. The maximum Gasteiger partial charge on any atom is 0.472 e. The number of phosphoric acid groups is 1. The molecule has 14 heavy (non-hydrogen) atoms. The number of hydrogen-bond acceptors (Lipinski definition) is 6. The van der Waals surface area contributed by atoms with E-state index in [0.717, 1.165) is 0 Å². The van der Waals surface area contributed by atoms with E-state index in [1.165, 1.54) is 0 Å². The molecule has 0 aliphatic carbocycles. The number of aliphatic hydroxyl groups excluding tert-OH is 3. The third-order valence-corrected chi connectivity index (χ3v) is 2.18. The molecule has 5 N–H and O–H groups in total. The van der Waals surface area contributed by atoms with Gasteiger partial charge in [-0.1, -0.05) is 0 Å². The highest BCUT2D eigenvalue weighted by atomic mass is 31.2. The third-order valence-electron chi connectivity index (χ3n) is 1.70. The maximum absolute atomic E-state index is 10.4. The van der Waals surface area contributed by atoms with E-state index < -0.39 is 32.4 Å². The summed E-state index contributed by atoms with van der Waals surface area (Å²) in [5.41, 5.74) is 0. The molecular formula is C5H11O8P. The molecule has 1 saturated heterocycles. The molecule has 8 nitrogen and oxygen atoms in total. The number of hydrogen-bond donors (Lipinski definition) is 5. The fourth-order valence-corrected chi connectivity index (χ4v) is 1.46. The molecule has 0 saturated carbocycles. The predicted octanol–water partition coefficient (Wildman–Crippen LogP) is -2.47. The predicted molar refractivity (Wildman–Crippen MR) is 40.9 cm³/mol. The monoisotopic (exact) mass is 230 g/mol. The molecule has 0 aromatic carbocycles. The van der Waals surface area contributed by atoms with Crippen LogP contribution in [0.3, 0.4) is 0 Å². The number of aliphatic hydroxyl groups is 3. The lowest BCUT2D eigenvalue weighted by atomic mass is 10.1. The van der Waals surface area contributed by atoms with Gasteiger partial charge in [0, 0.05) is 0 Å². The first-order valence-corrected chi connectivity index (χ1v) is 5.24. The average Bonchev–Trinajstić information content (AvgIpc) is 2.04. The summed E-state index contributed by atoms with van der Waals surface area (Å²) in [5, 5.41) is 27.2. The molecule has 1 rings (SSSR count). The van der Waals surface area contributed by atoms with E-state index in [1.54, 1.807) is 0 Å². The van der Waals surface area contributed by atoms with Gasteiger partial charge < -0.3 is 29.8 Å². The van der Waals surface area contributed by atoms with Crippen LogP contribution in [0.2, 0.25) is 0 Å². The van der Waals surface area contributed by atoms with E-state index in [4.69, 9.17) is 25.1 Å². The fraction of sp³-hybridized carbons (Fsp3) is 1.00. The summed E-state index contributed by atoms with van der Waals surface area (Å²) < 4.78 is 19.0. The minimum atomic E-state index is -4.80. The lowest BCUT2D eigenvalue weighted by Gasteiger charge is -2.34. The Morgan fingerprint density at radius 3 is 2.29 bits per heavy atom. The zero-order chi connectivity index (χ0) is 10.9. The van der Waals surface area contributed by atoms with Gasteiger partial charge in [-0.2, -0.15) is 0 Å². The van der Waals surface area contributed by atoms with Crippen LogP contribution in [0.15, 0.2) is 0 Å². The molecular weight excluding hydrogens is 219 g/mol. The first-order chi connectivity index (χ1) is 6.31. The van der Waals surface area contributed by atoms with Crippen molar-refractivity contribution in [3.8, 4) is 0 Å². The van der Waals surface area contributed by atoms with Crippen molar-refractivity contribution in [3.63, 3.8) is 0 Å². The lowest BCUT2D eigenvalue weighted by Crippen LogP contribution is -2.53. The lowest BCUT2D eigenvalue weighted by molar-refractivity contribution is -0.245. The fourth-order valence-electron chi connectivity index (χ4n) is 1.01. The Kier molecular flexibility index (Phi) is 3.62. The molecule has 0 aromatic heterocycles. The highest BCUT2D eigenvalue weighted by Gasteiger charge is 2.41. The van der Waals surface area contributed by atoms with Crippen molar-refractivity contribution in [2.24, 2.45) is 0 Å². The molecule has 1 heterocycles. The van der Waals surface area contributed by atoms with Crippen molar-refractivity contribution in [1.82, 2.24) is 0 Å². The van der Waals surface area contributed by atoms with Crippen molar-refractivity contribution < 1.29 is 38.9 Å². The quantitative estimate of drug-likeness (QED) is 0.329. The van der Waals surface area contributed by atoms with Gasteiger partial charge in [0.1, 0.15) is 18.3 Å². The average molecular weight is 230 g/mol. The van der Waals surface area contributed by atoms with Crippen molar-refractivity contribution in [2.75, 3.05) is 6.61 Å². The smallest absolute Gasteiger partial charge is 0.388 e. The maximum atomic E-state index is 10.4. The number of phosphoric ester groups is 1. The molecule has 4 atom stereocenters. The minimum Gasteiger partial charge on any atom is -0.388 e. The van der Waals surface area contributed by atoms with Crippen molar-refractivity contribution in [1.29, 1.82) is 0 Å². The van der Waals surface area contributed by atoms with Crippen LogP contribution < -0.4 is 0 Å². The van der Waals surface area contributed by atoms with Crippen molar-refractivity contribution >= 4 is 7.82 Å². The van der Waals surface area contributed by atoms with Crippen molar-refractivity contribution in [3.05, 3.63) is 0 Å². The van der Waals surface area contributed by atoms with Gasteiger partial charge in [0.2, 0.25) is 0 Å². The summed E-state index contributed by atoms with van der Waals surface area (Å²) in [4.78, 5) is 16.8. The standard InChI is InChI=1S/C5H11O8P/c6-2-1-12-5(4(8)3(2)7)13-14(9,10)11/h2-8H,1H2,(H2,9,10,11)/t2-,3-,4?,5?/m1/s1. The van der Waals surface area contributed by atoms with Gasteiger partial charge >= 0.3 is 7.82 Å². The summed E-state index contributed by atoms with van der Waals surface area (Å²) in [5.74, 6) is 0. The Labute approximate surface area is 78.9 Å². The molecule has 1 fully saturated rings.